The molecule has 4 N–H and O–H groups in total. The quantitative estimate of drug-likeness (QED) is 0.328. The number of hydrogen-bond acceptors (Lipinski definition) is 3. The first kappa shape index (κ1) is 12.1. The minimum Gasteiger partial charge on any atom is -0.399 e. The number of anilines is 2. The highest BCUT2D eigenvalue weighted by Crippen LogP contribution is 2.35. The summed E-state index contributed by atoms with van der Waals surface area (Å²) in [6.07, 6.45) is 4.07. The normalized spacial score (nSPS) is 15.6. The molecule has 0 bridgehead atoms. The van der Waals surface area contributed by atoms with Gasteiger partial charge in [-0.05, 0) is 65.4 Å². The Labute approximate surface area is 110 Å². The maximum Gasteiger partial charge on any atom is 0.0469 e. The fourth-order valence-corrected chi connectivity index (χ4v) is 2.88. The minimum absolute atomic E-state index is 0.615. The number of nitrogens with one attached hydrogen (secondary N) is 2. The molecule has 1 unspecified atom stereocenters. The van der Waals surface area contributed by atoms with E-state index < -0.39 is 0 Å². The van der Waals surface area contributed by atoms with Gasteiger partial charge in [0.05, 0.1) is 0 Å². The van der Waals surface area contributed by atoms with Crippen LogP contribution in [0.5, 0.6) is 0 Å². The van der Waals surface area contributed by atoms with Crippen molar-refractivity contribution in [3.8, 4) is 0 Å². The second kappa shape index (κ2) is 5.32. The van der Waals surface area contributed by atoms with E-state index in [9.17, 15) is 0 Å². The predicted octanol–water partition coefficient (Wildman–Crippen LogP) is 3.79. The van der Waals surface area contributed by atoms with Gasteiger partial charge in [0.25, 0.3) is 0 Å². The molecule has 16 heavy (non-hydrogen) atoms. The van der Waals surface area contributed by atoms with E-state index in [4.69, 9.17) is 11.1 Å². The summed E-state index contributed by atoms with van der Waals surface area (Å²) in [7, 11) is 0. The van der Waals surface area contributed by atoms with E-state index in [0.717, 1.165) is 29.3 Å². The topological polar surface area (TPSA) is 61.9 Å². The van der Waals surface area contributed by atoms with Crippen molar-refractivity contribution in [3.05, 3.63) is 23.8 Å². The average Bonchev–Trinajstić information content (AvgIpc) is 3.05. The number of benzene rings is 1. The molecule has 1 aromatic rings. The van der Waals surface area contributed by atoms with E-state index in [1.807, 2.05) is 18.2 Å². The first-order valence-electron chi connectivity index (χ1n) is 5.29. The lowest BCUT2D eigenvalue weighted by Crippen LogP contribution is -2.04. The van der Waals surface area contributed by atoms with Gasteiger partial charge in [-0.15, -0.1) is 0 Å². The number of nitrogens with two attached hydrogens (primary N) is 1. The zero-order chi connectivity index (χ0) is 11.5. The van der Waals surface area contributed by atoms with Crippen molar-refractivity contribution in [3.63, 3.8) is 0 Å². The molecule has 0 radical (unpaired) electrons. The van der Waals surface area contributed by atoms with Gasteiger partial charge in [-0.3, -0.25) is 0 Å². The SMILES string of the molecule is N=C(CC1CC1)c1cc(N)ccc1NPI. The van der Waals surface area contributed by atoms with Gasteiger partial charge in [0.1, 0.15) is 0 Å². The first-order chi connectivity index (χ1) is 7.70. The zero-order valence-corrected chi connectivity index (χ0v) is 12.0. The molecule has 1 fully saturated rings. The Kier molecular flexibility index (Phi) is 4.03. The summed E-state index contributed by atoms with van der Waals surface area (Å²) in [4.78, 5) is 0. The van der Waals surface area contributed by atoms with E-state index in [0.29, 0.717) is 12.1 Å². The van der Waals surface area contributed by atoms with E-state index in [2.05, 4.69) is 27.1 Å². The standard InChI is InChI=1S/C11H15IN3P/c12-16-15-11-4-3-8(13)6-9(11)10(14)5-7-1-2-7/h3-4,6-7,14-16H,1-2,5,13H2. The largest absolute Gasteiger partial charge is 0.399 e. The Morgan fingerprint density at radius 1 is 1.56 bits per heavy atom. The summed E-state index contributed by atoms with van der Waals surface area (Å²) < 4.78 is 0. The van der Waals surface area contributed by atoms with Crippen LogP contribution in [0.1, 0.15) is 24.8 Å². The van der Waals surface area contributed by atoms with Crippen LogP contribution < -0.4 is 10.8 Å². The van der Waals surface area contributed by atoms with Crippen molar-refractivity contribution in [1.82, 2.24) is 0 Å². The first-order valence-corrected chi connectivity index (χ1v) is 9.41. The summed E-state index contributed by atoms with van der Waals surface area (Å²) >= 11 is 2.29. The van der Waals surface area contributed by atoms with Gasteiger partial charge in [-0.25, -0.2) is 0 Å². The molecule has 1 saturated carbocycles. The summed E-state index contributed by atoms with van der Waals surface area (Å²) in [6.45, 7) is 0. The van der Waals surface area contributed by atoms with Crippen LogP contribution in [0.4, 0.5) is 11.4 Å². The Morgan fingerprint density at radius 2 is 2.31 bits per heavy atom. The van der Waals surface area contributed by atoms with Crippen molar-refractivity contribution >= 4 is 45.5 Å². The van der Waals surface area contributed by atoms with Gasteiger partial charge in [0.15, 0.2) is 0 Å². The fraction of sp³-hybridized carbons (Fsp3) is 0.364. The maximum absolute atomic E-state index is 8.12. The molecule has 3 nitrogen and oxygen atoms in total. The van der Waals surface area contributed by atoms with Crippen molar-refractivity contribution in [1.29, 1.82) is 5.41 Å². The molecule has 0 heterocycles. The van der Waals surface area contributed by atoms with Crippen molar-refractivity contribution in [2.75, 3.05) is 10.8 Å². The van der Waals surface area contributed by atoms with Crippen molar-refractivity contribution in [2.45, 2.75) is 19.3 Å². The smallest absolute Gasteiger partial charge is 0.0469 e. The molecule has 1 aliphatic carbocycles. The van der Waals surface area contributed by atoms with Crippen LogP contribution in [0.25, 0.3) is 0 Å². The number of hydrogen-bond donors (Lipinski definition) is 3. The van der Waals surface area contributed by atoms with Gasteiger partial charge in [-0.2, -0.15) is 0 Å². The number of nitrogen functional groups attached to an aromatic ring is 1. The van der Waals surface area contributed by atoms with Gasteiger partial charge in [-0.1, -0.05) is 0 Å². The molecular formula is C11H15IN3P. The highest BCUT2D eigenvalue weighted by Gasteiger charge is 2.24. The zero-order valence-electron chi connectivity index (χ0n) is 8.89. The van der Waals surface area contributed by atoms with Crippen molar-refractivity contribution in [2.24, 2.45) is 5.92 Å². The Balaban J connectivity index is 2.20. The Bertz CT molecular complexity index is 404. The lowest BCUT2D eigenvalue weighted by atomic mass is 10.0. The summed E-state index contributed by atoms with van der Waals surface area (Å²) in [5.74, 6) is 0.740. The van der Waals surface area contributed by atoms with E-state index in [1.54, 1.807) is 0 Å². The molecule has 86 valence electrons. The van der Waals surface area contributed by atoms with Crippen LogP contribution >= 0.6 is 28.4 Å². The highest BCUT2D eigenvalue weighted by molar-refractivity contribution is 14.2. The third-order valence-corrected chi connectivity index (χ3v) is 3.91. The number of rotatable bonds is 5. The van der Waals surface area contributed by atoms with Gasteiger partial charge < -0.3 is 16.2 Å². The molecule has 0 saturated heterocycles. The predicted molar refractivity (Wildman–Crippen MR) is 81.0 cm³/mol. The minimum atomic E-state index is 0.615. The number of halogens is 1. The monoisotopic (exact) mass is 347 g/mol. The molecule has 1 aromatic carbocycles. The average molecular weight is 347 g/mol. The Hall–Kier alpha value is -0.350. The van der Waals surface area contributed by atoms with Gasteiger partial charge >= 0.3 is 0 Å². The molecular weight excluding hydrogens is 332 g/mol. The maximum atomic E-state index is 8.12. The summed E-state index contributed by atoms with van der Waals surface area (Å²) in [5, 5.41) is 11.4. The fourth-order valence-electron chi connectivity index (χ4n) is 1.69. The lowest BCUT2D eigenvalue weighted by Gasteiger charge is -2.11. The molecule has 0 aliphatic heterocycles. The highest BCUT2D eigenvalue weighted by atomic mass is 127. The van der Waals surface area contributed by atoms with E-state index in [1.165, 1.54) is 12.8 Å². The molecule has 1 aliphatic rings. The van der Waals surface area contributed by atoms with Crippen LogP contribution in [0, 0.1) is 11.3 Å². The van der Waals surface area contributed by atoms with E-state index in [-0.39, 0.29) is 0 Å². The van der Waals surface area contributed by atoms with Crippen molar-refractivity contribution < 1.29 is 0 Å². The van der Waals surface area contributed by atoms with Gasteiger partial charge in [0.2, 0.25) is 0 Å². The van der Waals surface area contributed by atoms with Crippen LogP contribution in [0.2, 0.25) is 0 Å². The summed E-state index contributed by atoms with van der Waals surface area (Å²) in [6, 6.07) is 5.76. The van der Waals surface area contributed by atoms with Crippen LogP contribution in [0.3, 0.4) is 0 Å². The molecule has 0 aromatic heterocycles. The lowest BCUT2D eigenvalue weighted by molar-refractivity contribution is 0.890. The summed E-state index contributed by atoms with van der Waals surface area (Å²) in [5.41, 5.74) is 9.24. The van der Waals surface area contributed by atoms with Crippen LogP contribution in [-0.2, 0) is 0 Å². The van der Waals surface area contributed by atoms with Gasteiger partial charge in [0, 0.05) is 29.0 Å². The molecule has 5 heteroatoms. The van der Waals surface area contributed by atoms with Crippen LogP contribution in [-0.4, -0.2) is 5.71 Å². The third-order valence-electron chi connectivity index (χ3n) is 2.74. The second-order valence-electron chi connectivity index (χ2n) is 4.15. The van der Waals surface area contributed by atoms with Crippen LogP contribution in [0.15, 0.2) is 18.2 Å². The molecule has 0 spiro atoms. The molecule has 2 rings (SSSR count). The second-order valence-corrected chi connectivity index (χ2v) is 6.21. The third kappa shape index (κ3) is 3.08. The molecule has 1 atom stereocenters. The van der Waals surface area contributed by atoms with E-state index >= 15 is 0 Å². The Morgan fingerprint density at radius 3 is 2.94 bits per heavy atom. The molecule has 0 amide bonds.